The molecule has 2 nitrogen and oxygen atoms in total. The first-order valence-corrected chi connectivity index (χ1v) is 6.59. The topological polar surface area (TPSA) is 52.0 Å². The summed E-state index contributed by atoms with van der Waals surface area (Å²) in [6.45, 7) is 7.95. The van der Waals surface area contributed by atoms with E-state index in [2.05, 4.69) is 39.0 Å². The van der Waals surface area contributed by atoms with Gasteiger partial charge in [0, 0.05) is 0 Å². The summed E-state index contributed by atoms with van der Waals surface area (Å²) in [6, 6.07) is 6.82. The van der Waals surface area contributed by atoms with Crippen LogP contribution in [-0.2, 0) is 0 Å². The molecule has 0 radical (unpaired) electrons. The van der Waals surface area contributed by atoms with Crippen molar-refractivity contribution in [2.45, 2.75) is 39.5 Å². The Bertz CT molecular complexity index is 323. The first kappa shape index (κ1) is 14.2. The number of nitrogens with two attached hydrogens (primary N) is 2. The van der Waals surface area contributed by atoms with Crippen LogP contribution in [-0.4, -0.2) is 13.1 Å². The molecule has 0 fully saturated rings. The van der Waals surface area contributed by atoms with Gasteiger partial charge in [0.15, 0.2) is 0 Å². The number of hydrogen-bond acceptors (Lipinski definition) is 2. The quantitative estimate of drug-likeness (QED) is 0.795. The summed E-state index contributed by atoms with van der Waals surface area (Å²) >= 11 is 0. The minimum atomic E-state index is 0.445. The minimum absolute atomic E-state index is 0.445. The summed E-state index contributed by atoms with van der Waals surface area (Å²) < 4.78 is 0. The Morgan fingerprint density at radius 3 is 1.94 bits per heavy atom. The van der Waals surface area contributed by atoms with Crippen LogP contribution in [0.1, 0.15) is 42.4 Å². The first-order valence-electron chi connectivity index (χ1n) is 6.59. The fourth-order valence-corrected chi connectivity index (χ4v) is 2.48. The molecule has 1 aromatic carbocycles. The van der Waals surface area contributed by atoms with Gasteiger partial charge in [-0.05, 0) is 57.2 Å². The molecule has 2 heteroatoms. The van der Waals surface area contributed by atoms with Gasteiger partial charge in [-0.25, -0.2) is 0 Å². The van der Waals surface area contributed by atoms with Crippen LogP contribution in [0.25, 0.3) is 0 Å². The maximum Gasteiger partial charge on any atom is -0.00366 e. The second-order valence-corrected chi connectivity index (χ2v) is 5.10. The van der Waals surface area contributed by atoms with Crippen LogP contribution in [0.2, 0.25) is 0 Å². The highest BCUT2D eigenvalue weighted by atomic mass is 14.6. The maximum atomic E-state index is 5.74. The lowest BCUT2D eigenvalue weighted by atomic mass is 9.85. The monoisotopic (exact) mass is 234 g/mol. The minimum Gasteiger partial charge on any atom is -0.330 e. The van der Waals surface area contributed by atoms with Crippen molar-refractivity contribution < 1.29 is 0 Å². The lowest BCUT2D eigenvalue weighted by Crippen LogP contribution is -2.25. The van der Waals surface area contributed by atoms with E-state index in [1.54, 1.807) is 0 Å². The molecule has 1 unspecified atom stereocenters. The fourth-order valence-electron chi connectivity index (χ4n) is 2.48. The Kier molecular flexibility index (Phi) is 5.66. The van der Waals surface area contributed by atoms with Crippen molar-refractivity contribution in [2.75, 3.05) is 13.1 Å². The van der Waals surface area contributed by atoms with Gasteiger partial charge >= 0.3 is 0 Å². The molecule has 1 atom stereocenters. The summed E-state index contributed by atoms with van der Waals surface area (Å²) in [4.78, 5) is 0. The summed E-state index contributed by atoms with van der Waals surface area (Å²) in [5.74, 6) is 1.03. The van der Waals surface area contributed by atoms with Gasteiger partial charge in [0.1, 0.15) is 0 Å². The lowest BCUT2D eigenvalue weighted by molar-refractivity contribution is 0.442. The molecular weight excluding hydrogens is 208 g/mol. The zero-order valence-electron chi connectivity index (χ0n) is 11.4. The molecule has 0 saturated carbocycles. The Balaban J connectivity index is 2.85. The third kappa shape index (κ3) is 4.14. The Morgan fingerprint density at radius 2 is 1.53 bits per heavy atom. The SMILES string of the molecule is CCC(CC(CN)CN)c1cc(C)cc(C)c1. The zero-order valence-corrected chi connectivity index (χ0v) is 11.4. The highest BCUT2D eigenvalue weighted by Crippen LogP contribution is 2.28. The van der Waals surface area contributed by atoms with Crippen molar-refractivity contribution in [1.82, 2.24) is 0 Å². The van der Waals surface area contributed by atoms with Crippen LogP contribution in [0.4, 0.5) is 0 Å². The van der Waals surface area contributed by atoms with Crippen molar-refractivity contribution in [3.05, 3.63) is 34.9 Å². The van der Waals surface area contributed by atoms with Crippen molar-refractivity contribution in [2.24, 2.45) is 17.4 Å². The molecule has 0 aliphatic carbocycles. The molecule has 1 aromatic rings. The van der Waals surface area contributed by atoms with E-state index < -0.39 is 0 Å². The summed E-state index contributed by atoms with van der Waals surface area (Å²) in [6.07, 6.45) is 2.26. The van der Waals surface area contributed by atoms with Gasteiger partial charge in [0.05, 0.1) is 0 Å². The molecule has 0 aromatic heterocycles. The van der Waals surface area contributed by atoms with E-state index in [4.69, 9.17) is 11.5 Å². The third-order valence-corrected chi connectivity index (χ3v) is 3.49. The standard InChI is InChI=1S/C15H26N2/c1-4-14(8-13(9-16)10-17)15-6-11(2)5-12(3)7-15/h5-7,13-14H,4,8-10,16-17H2,1-3H3. The van der Waals surface area contributed by atoms with Crippen molar-refractivity contribution in [1.29, 1.82) is 0 Å². The molecule has 0 spiro atoms. The smallest absolute Gasteiger partial charge is 0.00366 e. The summed E-state index contributed by atoms with van der Waals surface area (Å²) in [5, 5.41) is 0. The first-order chi connectivity index (χ1) is 8.10. The van der Waals surface area contributed by atoms with Crippen LogP contribution in [0.3, 0.4) is 0 Å². The Hall–Kier alpha value is -0.860. The van der Waals surface area contributed by atoms with E-state index in [-0.39, 0.29) is 0 Å². The Labute approximate surface area is 105 Å². The number of benzene rings is 1. The normalized spacial score (nSPS) is 13.1. The van der Waals surface area contributed by atoms with E-state index in [0.717, 1.165) is 12.8 Å². The number of hydrogen-bond donors (Lipinski definition) is 2. The van der Waals surface area contributed by atoms with Gasteiger partial charge in [-0.2, -0.15) is 0 Å². The van der Waals surface area contributed by atoms with Crippen LogP contribution in [0, 0.1) is 19.8 Å². The predicted octanol–water partition coefficient (Wildman–Crippen LogP) is 2.72. The highest BCUT2D eigenvalue weighted by Gasteiger charge is 2.15. The van der Waals surface area contributed by atoms with E-state index in [0.29, 0.717) is 24.9 Å². The average molecular weight is 234 g/mol. The van der Waals surface area contributed by atoms with Crippen molar-refractivity contribution in [3.8, 4) is 0 Å². The molecule has 4 N–H and O–H groups in total. The van der Waals surface area contributed by atoms with Crippen LogP contribution >= 0.6 is 0 Å². The van der Waals surface area contributed by atoms with Gasteiger partial charge in [0.2, 0.25) is 0 Å². The largest absolute Gasteiger partial charge is 0.330 e. The van der Waals surface area contributed by atoms with Crippen LogP contribution in [0.5, 0.6) is 0 Å². The maximum absolute atomic E-state index is 5.74. The number of aryl methyl sites for hydroxylation is 2. The van der Waals surface area contributed by atoms with Gasteiger partial charge < -0.3 is 11.5 Å². The molecule has 96 valence electrons. The van der Waals surface area contributed by atoms with E-state index >= 15 is 0 Å². The van der Waals surface area contributed by atoms with Crippen molar-refractivity contribution >= 4 is 0 Å². The van der Waals surface area contributed by atoms with Gasteiger partial charge in [-0.15, -0.1) is 0 Å². The van der Waals surface area contributed by atoms with Crippen LogP contribution < -0.4 is 11.5 Å². The second-order valence-electron chi connectivity index (χ2n) is 5.10. The van der Waals surface area contributed by atoms with Crippen molar-refractivity contribution in [3.63, 3.8) is 0 Å². The molecule has 1 rings (SSSR count). The molecule has 0 bridgehead atoms. The molecule has 0 saturated heterocycles. The van der Waals surface area contributed by atoms with Crippen LogP contribution in [0.15, 0.2) is 18.2 Å². The molecule has 0 aliphatic heterocycles. The fraction of sp³-hybridized carbons (Fsp3) is 0.600. The second kappa shape index (κ2) is 6.77. The van der Waals surface area contributed by atoms with E-state index in [9.17, 15) is 0 Å². The predicted molar refractivity (Wildman–Crippen MR) is 75.2 cm³/mol. The Morgan fingerprint density at radius 1 is 1.00 bits per heavy atom. The zero-order chi connectivity index (χ0) is 12.8. The molecule has 17 heavy (non-hydrogen) atoms. The molecule has 0 amide bonds. The van der Waals surface area contributed by atoms with Gasteiger partial charge in [0.25, 0.3) is 0 Å². The molecular formula is C15H26N2. The highest BCUT2D eigenvalue weighted by molar-refractivity contribution is 5.31. The van der Waals surface area contributed by atoms with E-state index in [1.165, 1.54) is 16.7 Å². The van der Waals surface area contributed by atoms with Gasteiger partial charge in [-0.3, -0.25) is 0 Å². The van der Waals surface area contributed by atoms with Gasteiger partial charge in [-0.1, -0.05) is 36.2 Å². The average Bonchev–Trinajstić information content (AvgIpc) is 2.29. The molecule has 0 heterocycles. The summed E-state index contributed by atoms with van der Waals surface area (Å²) in [7, 11) is 0. The number of rotatable bonds is 6. The lowest BCUT2D eigenvalue weighted by Gasteiger charge is -2.21. The van der Waals surface area contributed by atoms with E-state index in [1.807, 2.05) is 0 Å². The third-order valence-electron chi connectivity index (χ3n) is 3.49. The molecule has 0 aliphatic rings. The summed E-state index contributed by atoms with van der Waals surface area (Å²) in [5.41, 5.74) is 15.6.